The molecule has 0 saturated carbocycles. The third-order valence-corrected chi connectivity index (χ3v) is 3.56. The Morgan fingerprint density at radius 1 is 0.524 bits per heavy atom. The summed E-state index contributed by atoms with van der Waals surface area (Å²) in [4.78, 5) is 0. The Hall–Kier alpha value is 0.623. The normalized spacial score (nSPS) is 10.3. The van der Waals surface area contributed by atoms with Gasteiger partial charge in [0.25, 0.3) is 0 Å². The van der Waals surface area contributed by atoms with Gasteiger partial charge >= 0.3 is 19.5 Å². The molecular weight excluding hydrogens is 306 g/mol. The SMILES string of the molecule is [CH2-]CCCCCCC(C)C.[CH2-]CCCCCCC(C)C.[Zn+2]. The molecule has 0 heterocycles. The van der Waals surface area contributed by atoms with Gasteiger partial charge in [0, 0.05) is 0 Å². The van der Waals surface area contributed by atoms with E-state index in [1.54, 1.807) is 0 Å². The summed E-state index contributed by atoms with van der Waals surface area (Å²) in [5.74, 6) is 1.78. The summed E-state index contributed by atoms with van der Waals surface area (Å²) in [5, 5.41) is 0. The van der Waals surface area contributed by atoms with Crippen LogP contribution in [0.5, 0.6) is 0 Å². The van der Waals surface area contributed by atoms with Gasteiger partial charge in [0.2, 0.25) is 0 Å². The second-order valence-electron chi connectivity index (χ2n) is 6.90. The molecule has 0 aliphatic rings. The second kappa shape index (κ2) is 22.9. The van der Waals surface area contributed by atoms with Crippen molar-refractivity contribution in [2.75, 3.05) is 0 Å². The van der Waals surface area contributed by atoms with Crippen molar-refractivity contribution in [1.82, 2.24) is 0 Å². The molecule has 0 atom stereocenters. The first-order valence-corrected chi connectivity index (χ1v) is 9.13. The Morgan fingerprint density at radius 3 is 1.05 bits per heavy atom. The van der Waals surface area contributed by atoms with Crippen LogP contribution in [0.3, 0.4) is 0 Å². The van der Waals surface area contributed by atoms with Crippen LogP contribution in [-0.2, 0) is 19.5 Å². The van der Waals surface area contributed by atoms with E-state index in [1.807, 2.05) is 0 Å². The molecular formula is C20H42Zn. The zero-order chi connectivity index (χ0) is 15.6. The number of hydrogen-bond donors (Lipinski definition) is 0. The molecule has 0 radical (unpaired) electrons. The van der Waals surface area contributed by atoms with Crippen molar-refractivity contribution in [3.8, 4) is 0 Å². The van der Waals surface area contributed by atoms with Gasteiger partial charge in [-0.05, 0) is 11.8 Å². The standard InChI is InChI=1S/2C10H21.Zn/c2*1-4-5-6-7-8-9-10(2)3;/h2*10H,1,4-9H2,2-3H3;/q2*-1;+2. The molecule has 0 saturated heterocycles. The number of hydrogen-bond acceptors (Lipinski definition) is 0. The minimum absolute atomic E-state index is 0. The summed E-state index contributed by atoms with van der Waals surface area (Å²) >= 11 is 0. The summed E-state index contributed by atoms with van der Waals surface area (Å²) in [5.41, 5.74) is 0. The van der Waals surface area contributed by atoms with Crippen LogP contribution in [0.4, 0.5) is 0 Å². The van der Waals surface area contributed by atoms with Crippen molar-refractivity contribution in [3.05, 3.63) is 13.8 Å². The van der Waals surface area contributed by atoms with Crippen LogP contribution in [0.2, 0.25) is 0 Å². The smallest absolute Gasteiger partial charge is 0.343 e. The summed E-state index contributed by atoms with van der Waals surface area (Å²) in [6.07, 6.45) is 16.1. The number of rotatable bonds is 12. The van der Waals surface area contributed by atoms with Gasteiger partial charge in [-0.3, -0.25) is 0 Å². The Morgan fingerprint density at radius 2 is 0.810 bits per heavy atom. The molecule has 0 unspecified atom stereocenters. The molecule has 1 heteroatoms. The minimum Gasteiger partial charge on any atom is -0.343 e. The molecule has 124 valence electrons. The predicted molar refractivity (Wildman–Crippen MR) is 95.8 cm³/mol. The molecule has 0 aromatic carbocycles. The average molecular weight is 348 g/mol. The molecule has 0 bridgehead atoms. The first-order valence-electron chi connectivity index (χ1n) is 9.13. The van der Waals surface area contributed by atoms with Crippen molar-refractivity contribution in [2.45, 2.75) is 105 Å². The third-order valence-electron chi connectivity index (χ3n) is 3.56. The molecule has 0 fully saturated rings. The van der Waals surface area contributed by atoms with Crippen LogP contribution in [0.1, 0.15) is 105 Å². The molecule has 0 aliphatic carbocycles. The molecule has 0 N–H and O–H groups in total. The van der Waals surface area contributed by atoms with E-state index < -0.39 is 0 Å². The molecule has 0 amide bonds. The van der Waals surface area contributed by atoms with Crippen LogP contribution in [0.25, 0.3) is 0 Å². The fraction of sp³-hybridized carbons (Fsp3) is 0.900. The molecule has 0 aromatic heterocycles. The Kier molecular flexibility index (Phi) is 28.9. The van der Waals surface area contributed by atoms with Gasteiger partial charge in [-0.25, -0.2) is 0 Å². The molecule has 21 heavy (non-hydrogen) atoms. The van der Waals surface area contributed by atoms with Gasteiger partial charge in [-0.2, -0.15) is 12.8 Å². The molecule has 0 aromatic rings. The van der Waals surface area contributed by atoms with Crippen LogP contribution >= 0.6 is 0 Å². The Bertz CT molecular complexity index is 134. The first-order chi connectivity index (χ1) is 9.54. The fourth-order valence-corrected chi connectivity index (χ4v) is 2.17. The summed E-state index contributed by atoms with van der Waals surface area (Å²) < 4.78 is 0. The first kappa shape index (κ1) is 26.5. The van der Waals surface area contributed by atoms with Crippen LogP contribution < -0.4 is 0 Å². The summed E-state index contributed by atoms with van der Waals surface area (Å²) in [7, 11) is 0. The van der Waals surface area contributed by atoms with Gasteiger partial charge in [0.05, 0.1) is 0 Å². The predicted octanol–water partition coefficient (Wildman–Crippen LogP) is 7.63. The van der Waals surface area contributed by atoms with E-state index in [-0.39, 0.29) is 19.5 Å². The zero-order valence-electron chi connectivity index (χ0n) is 15.8. The van der Waals surface area contributed by atoms with Gasteiger partial charge in [0.1, 0.15) is 0 Å². The monoisotopic (exact) mass is 346 g/mol. The van der Waals surface area contributed by atoms with E-state index in [0.717, 1.165) is 24.7 Å². The maximum absolute atomic E-state index is 3.82. The molecule has 0 nitrogen and oxygen atoms in total. The maximum Gasteiger partial charge on any atom is 2.00 e. The van der Waals surface area contributed by atoms with Gasteiger partial charge in [-0.15, -0.1) is 0 Å². The van der Waals surface area contributed by atoms with E-state index in [1.165, 1.54) is 64.2 Å². The fourth-order valence-electron chi connectivity index (χ4n) is 2.17. The van der Waals surface area contributed by atoms with Crippen LogP contribution in [0.15, 0.2) is 0 Å². The topological polar surface area (TPSA) is 0 Å². The van der Waals surface area contributed by atoms with Crippen molar-refractivity contribution < 1.29 is 19.5 Å². The van der Waals surface area contributed by atoms with E-state index >= 15 is 0 Å². The Labute approximate surface area is 150 Å². The van der Waals surface area contributed by atoms with Gasteiger partial charge in [0.15, 0.2) is 0 Å². The quantitative estimate of drug-likeness (QED) is 0.193. The van der Waals surface area contributed by atoms with E-state index in [9.17, 15) is 0 Å². The minimum atomic E-state index is 0. The zero-order valence-corrected chi connectivity index (χ0v) is 18.7. The van der Waals surface area contributed by atoms with Crippen molar-refractivity contribution >= 4 is 0 Å². The third kappa shape index (κ3) is 33.4. The maximum atomic E-state index is 3.82. The van der Waals surface area contributed by atoms with Crippen LogP contribution in [0, 0.1) is 25.7 Å². The van der Waals surface area contributed by atoms with Crippen LogP contribution in [-0.4, -0.2) is 0 Å². The van der Waals surface area contributed by atoms with E-state index in [4.69, 9.17) is 0 Å². The summed E-state index contributed by atoms with van der Waals surface area (Å²) in [6, 6.07) is 0. The van der Waals surface area contributed by atoms with Crippen molar-refractivity contribution in [2.24, 2.45) is 11.8 Å². The molecule has 0 aliphatic heterocycles. The van der Waals surface area contributed by atoms with Gasteiger partial charge in [-0.1, -0.05) is 91.9 Å². The molecule has 0 rings (SSSR count). The summed E-state index contributed by atoms with van der Waals surface area (Å²) in [6.45, 7) is 16.8. The largest absolute Gasteiger partial charge is 2.00 e. The average Bonchev–Trinajstić information content (AvgIpc) is 2.38. The number of unbranched alkanes of at least 4 members (excludes halogenated alkanes) is 8. The van der Waals surface area contributed by atoms with E-state index in [2.05, 4.69) is 41.5 Å². The van der Waals surface area contributed by atoms with Gasteiger partial charge < -0.3 is 13.8 Å². The van der Waals surface area contributed by atoms with Crippen molar-refractivity contribution in [3.63, 3.8) is 0 Å². The Balaban J connectivity index is -0.000000295. The molecule has 0 spiro atoms. The van der Waals surface area contributed by atoms with E-state index in [0.29, 0.717) is 0 Å². The van der Waals surface area contributed by atoms with Crippen molar-refractivity contribution in [1.29, 1.82) is 0 Å². The second-order valence-corrected chi connectivity index (χ2v) is 6.90.